The maximum Gasteiger partial charge on any atom is 0.129 e. The van der Waals surface area contributed by atoms with Gasteiger partial charge in [-0.05, 0) is 65.9 Å². The lowest BCUT2D eigenvalue weighted by atomic mass is 10.1. The number of halogens is 1. The summed E-state index contributed by atoms with van der Waals surface area (Å²) in [5.74, 6) is 0.286. The van der Waals surface area contributed by atoms with Crippen molar-refractivity contribution in [3.8, 4) is 5.75 Å². The first kappa shape index (κ1) is 13.8. The number of benzene rings is 1. The highest BCUT2D eigenvalue weighted by atomic mass is 79.9. The molecule has 1 fully saturated rings. The van der Waals surface area contributed by atoms with Gasteiger partial charge in [-0.15, -0.1) is 0 Å². The minimum atomic E-state index is 0.286. The van der Waals surface area contributed by atoms with E-state index in [1.807, 2.05) is 12.1 Å². The molecule has 0 aromatic heterocycles. The Morgan fingerprint density at radius 2 is 2.28 bits per heavy atom. The van der Waals surface area contributed by atoms with Crippen LogP contribution in [0.3, 0.4) is 0 Å². The van der Waals surface area contributed by atoms with E-state index < -0.39 is 0 Å². The number of ether oxygens (including phenoxy) is 1. The number of phenolic OH excluding ortho intramolecular Hbond substituents is 1. The zero-order chi connectivity index (χ0) is 12.8. The topological polar surface area (TPSA) is 41.5 Å². The molecular weight excluding hydrogens is 294 g/mol. The monoisotopic (exact) mass is 313 g/mol. The van der Waals surface area contributed by atoms with Gasteiger partial charge in [-0.3, -0.25) is 0 Å². The summed E-state index contributed by atoms with van der Waals surface area (Å²) in [6.45, 7) is 2.73. The van der Waals surface area contributed by atoms with E-state index in [1.54, 1.807) is 6.07 Å². The molecule has 18 heavy (non-hydrogen) atoms. The SMILES string of the molecule is Oc1ccc(CNCCC2CCCCO2)cc1Br. The Balaban J connectivity index is 1.66. The van der Waals surface area contributed by atoms with E-state index in [2.05, 4.69) is 21.2 Å². The molecule has 2 rings (SSSR count). The normalized spacial score (nSPS) is 19.9. The lowest BCUT2D eigenvalue weighted by Gasteiger charge is -2.22. The lowest BCUT2D eigenvalue weighted by molar-refractivity contribution is 0.0115. The lowest BCUT2D eigenvalue weighted by Crippen LogP contribution is -2.25. The molecule has 0 aliphatic carbocycles. The molecule has 4 heteroatoms. The van der Waals surface area contributed by atoms with Gasteiger partial charge in [-0.1, -0.05) is 6.07 Å². The van der Waals surface area contributed by atoms with Gasteiger partial charge in [-0.25, -0.2) is 0 Å². The largest absolute Gasteiger partial charge is 0.507 e. The Labute approximate surface area is 117 Å². The molecule has 1 saturated heterocycles. The quantitative estimate of drug-likeness (QED) is 0.820. The molecule has 1 unspecified atom stereocenters. The van der Waals surface area contributed by atoms with Crippen molar-refractivity contribution < 1.29 is 9.84 Å². The van der Waals surface area contributed by atoms with E-state index in [1.165, 1.54) is 24.8 Å². The van der Waals surface area contributed by atoms with E-state index >= 15 is 0 Å². The van der Waals surface area contributed by atoms with Crippen LogP contribution in [-0.4, -0.2) is 24.4 Å². The van der Waals surface area contributed by atoms with E-state index in [9.17, 15) is 5.11 Å². The fraction of sp³-hybridized carbons (Fsp3) is 0.571. The van der Waals surface area contributed by atoms with Gasteiger partial charge in [0.05, 0.1) is 10.6 Å². The fourth-order valence-electron chi connectivity index (χ4n) is 2.19. The third-order valence-corrected chi connectivity index (χ3v) is 3.89. The van der Waals surface area contributed by atoms with Gasteiger partial charge in [0, 0.05) is 13.2 Å². The molecule has 1 aliphatic heterocycles. The number of rotatable bonds is 5. The zero-order valence-corrected chi connectivity index (χ0v) is 12.1. The van der Waals surface area contributed by atoms with E-state index in [4.69, 9.17) is 4.74 Å². The predicted molar refractivity (Wildman–Crippen MR) is 75.7 cm³/mol. The first-order valence-electron chi connectivity index (χ1n) is 6.55. The fourth-order valence-corrected chi connectivity index (χ4v) is 2.62. The maximum absolute atomic E-state index is 9.40. The van der Waals surface area contributed by atoms with Gasteiger partial charge >= 0.3 is 0 Å². The molecular formula is C14H20BrNO2. The number of aromatic hydroxyl groups is 1. The van der Waals surface area contributed by atoms with Crippen LogP contribution >= 0.6 is 15.9 Å². The number of nitrogens with one attached hydrogen (secondary N) is 1. The van der Waals surface area contributed by atoms with Gasteiger partial charge < -0.3 is 15.2 Å². The average molecular weight is 314 g/mol. The minimum Gasteiger partial charge on any atom is -0.507 e. The van der Waals surface area contributed by atoms with Crippen molar-refractivity contribution >= 4 is 15.9 Å². The molecule has 0 amide bonds. The highest BCUT2D eigenvalue weighted by Crippen LogP contribution is 2.24. The number of hydrogen-bond acceptors (Lipinski definition) is 3. The average Bonchev–Trinajstić information content (AvgIpc) is 2.40. The summed E-state index contributed by atoms with van der Waals surface area (Å²) in [5.41, 5.74) is 1.17. The molecule has 0 radical (unpaired) electrons. The smallest absolute Gasteiger partial charge is 0.129 e. The van der Waals surface area contributed by atoms with Crippen molar-refractivity contribution in [3.63, 3.8) is 0 Å². The van der Waals surface area contributed by atoms with Crippen molar-refractivity contribution in [3.05, 3.63) is 28.2 Å². The third-order valence-electron chi connectivity index (χ3n) is 3.26. The van der Waals surface area contributed by atoms with Crippen LogP contribution in [0.2, 0.25) is 0 Å². The summed E-state index contributed by atoms with van der Waals surface area (Å²) in [6.07, 6.45) is 5.24. The highest BCUT2D eigenvalue weighted by molar-refractivity contribution is 9.10. The van der Waals surface area contributed by atoms with Gasteiger partial charge in [0.25, 0.3) is 0 Å². The summed E-state index contributed by atoms with van der Waals surface area (Å²) in [5, 5.41) is 12.8. The molecule has 0 saturated carbocycles. The van der Waals surface area contributed by atoms with Crippen LogP contribution in [-0.2, 0) is 11.3 Å². The molecule has 1 aromatic rings. The van der Waals surface area contributed by atoms with Crippen molar-refractivity contribution in [1.82, 2.24) is 5.32 Å². The number of phenols is 1. The van der Waals surface area contributed by atoms with Crippen molar-refractivity contribution in [2.45, 2.75) is 38.3 Å². The van der Waals surface area contributed by atoms with E-state index in [0.717, 1.165) is 30.6 Å². The summed E-state index contributed by atoms with van der Waals surface area (Å²) in [6, 6.07) is 5.59. The summed E-state index contributed by atoms with van der Waals surface area (Å²) >= 11 is 3.32. The molecule has 0 spiro atoms. The second-order valence-corrected chi connectivity index (χ2v) is 5.59. The molecule has 1 aliphatic rings. The van der Waals surface area contributed by atoms with Gasteiger partial charge in [0.2, 0.25) is 0 Å². The van der Waals surface area contributed by atoms with Crippen LogP contribution in [0.1, 0.15) is 31.2 Å². The zero-order valence-electron chi connectivity index (χ0n) is 10.5. The Morgan fingerprint density at radius 1 is 1.39 bits per heavy atom. The van der Waals surface area contributed by atoms with Crippen molar-refractivity contribution in [2.24, 2.45) is 0 Å². The summed E-state index contributed by atoms with van der Waals surface area (Å²) < 4.78 is 6.43. The summed E-state index contributed by atoms with van der Waals surface area (Å²) in [4.78, 5) is 0. The highest BCUT2D eigenvalue weighted by Gasteiger charge is 2.12. The Kier molecular flexibility index (Phi) is 5.47. The van der Waals surface area contributed by atoms with Crippen LogP contribution in [0, 0.1) is 0 Å². The van der Waals surface area contributed by atoms with Crippen LogP contribution in [0.4, 0.5) is 0 Å². The molecule has 1 aromatic carbocycles. The first-order chi connectivity index (χ1) is 8.75. The van der Waals surface area contributed by atoms with Crippen molar-refractivity contribution in [2.75, 3.05) is 13.2 Å². The molecule has 1 heterocycles. The number of hydrogen-bond donors (Lipinski definition) is 2. The Bertz CT molecular complexity index is 378. The summed E-state index contributed by atoms with van der Waals surface area (Å²) in [7, 11) is 0. The van der Waals surface area contributed by atoms with Gasteiger partial charge in [-0.2, -0.15) is 0 Å². The van der Waals surface area contributed by atoms with Gasteiger partial charge in [0.15, 0.2) is 0 Å². The predicted octanol–water partition coefficient (Wildman–Crippen LogP) is 3.20. The first-order valence-corrected chi connectivity index (χ1v) is 7.35. The second kappa shape index (κ2) is 7.12. The molecule has 1 atom stereocenters. The minimum absolute atomic E-state index is 0.286. The Hall–Kier alpha value is -0.580. The van der Waals surface area contributed by atoms with Crippen LogP contribution in [0.15, 0.2) is 22.7 Å². The molecule has 0 bridgehead atoms. The third kappa shape index (κ3) is 4.26. The Morgan fingerprint density at radius 3 is 3.00 bits per heavy atom. The molecule has 2 N–H and O–H groups in total. The van der Waals surface area contributed by atoms with Crippen LogP contribution < -0.4 is 5.32 Å². The van der Waals surface area contributed by atoms with Crippen LogP contribution in [0.25, 0.3) is 0 Å². The standard InChI is InChI=1S/C14H20BrNO2/c15-13-9-11(4-5-14(13)17)10-16-7-6-12-3-1-2-8-18-12/h4-5,9,12,16-17H,1-3,6-8,10H2. The molecule has 3 nitrogen and oxygen atoms in total. The second-order valence-electron chi connectivity index (χ2n) is 4.74. The van der Waals surface area contributed by atoms with Gasteiger partial charge in [0.1, 0.15) is 5.75 Å². The van der Waals surface area contributed by atoms with E-state index in [0.29, 0.717) is 6.10 Å². The van der Waals surface area contributed by atoms with Crippen LogP contribution in [0.5, 0.6) is 5.75 Å². The molecule has 100 valence electrons. The van der Waals surface area contributed by atoms with E-state index in [-0.39, 0.29) is 5.75 Å². The van der Waals surface area contributed by atoms with Crippen molar-refractivity contribution in [1.29, 1.82) is 0 Å². The maximum atomic E-state index is 9.40.